The van der Waals surface area contributed by atoms with Crippen molar-refractivity contribution in [3.8, 4) is 11.8 Å². The Hall–Kier alpha value is -1.33. The fourth-order valence-electron chi connectivity index (χ4n) is 2.46. The molecule has 1 N–H and O–H groups in total. The van der Waals surface area contributed by atoms with E-state index in [1.54, 1.807) is 12.1 Å². The highest BCUT2D eigenvalue weighted by Crippen LogP contribution is 2.29. The van der Waals surface area contributed by atoms with Gasteiger partial charge in [-0.3, -0.25) is 0 Å². The van der Waals surface area contributed by atoms with Gasteiger partial charge in [0.15, 0.2) is 0 Å². The van der Waals surface area contributed by atoms with E-state index < -0.39 is 0 Å². The van der Waals surface area contributed by atoms with Gasteiger partial charge in [-0.15, -0.1) is 11.8 Å². The van der Waals surface area contributed by atoms with Gasteiger partial charge in [0, 0.05) is 17.9 Å². The van der Waals surface area contributed by atoms with Gasteiger partial charge < -0.3 is 5.32 Å². The number of hydrogen-bond acceptors (Lipinski definition) is 1. The van der Waals surface area contributed by atoms with Gasteiger partial charge in [-0.1, -0.05) is 32.9 Å². The number of benzene rings is 1. The van der Waals surface area contributed by atoms with Crippen molar-refractivity contribution >= 4 is 0 Å². The highest BCUT2D eigenvalue weighted by Gasteiger charge is 2.30. The maximum atomic E-state index is 13.1. The Morgan fingerprint density at radius 3 is 2.45 bits per heavy atom. The zero-order valence-electron chi connectivity index (χ0n) is 13.1. The molecule has 1 nitrogen and oxygen atoms in total. The Morgan fingerprint density at radius 2 is 1.90 bits per heavy atom. The molecule has 0 radical (unpaired) electrons. The third kappa shape index (κ3) is 4.65. The van der Waals surface area contributed by atoms with Gasteiger partial charge in [0.1, 0.15) is 5.82 Å². The summed E-state index contributed by atoms with van der Waals surface area (Å²) in [5.41, 5.74) is 1.12. The minimum absolute atomic E-state index is 0.0434. The second-order valence-corrected chi connectivity index (χ2v) is 5.70. The molecule has 1 atom stereocenters. The van der Waals surface area contributed by atoms with Gasteiger partial charge in [0.2, 0.25) is 0 Å². The van der Waals surface area contributed by atoms with Crippen LogP contribution in [0.4, 0.5) is 4.39 Å². The van der Waals surface area contributed by atoms with E-state index in [-0.39, 0.29) is 11.2 Å². The summed E-state index contributed by atoms with van der Waals surface area (Å²) in [6.45, 7) is 9.47. The van der Waals surface area contributed by atoms with Crippen LogP contribution in [-0.2, 0) is 5.41 Å². The summed E-state index contributed by atoms with van der Waals surface area (Å²) in [4.78, 5) is 0. The number of halogens is 1. The van der Waals surface area contributed by atoms with Crippen molar-refractivity contribution < 1.29 is 4.39 Å². The van der Waals surface area contributed by atoms with Gasteiger partial charge in [0.05, 0.1) is 0 Å². The first-order valence-corrected chi connectivity index (χ1v) is 7.41. The van der Waals surface area contributed by atoms with Crippen LogP contribution >= 0.6 is 0 Å². The van der Waals surface area contributed by atoms with Crippen LogP contribution in [0, 0.1) is 17.7 Å². The Labute approximate surface area is 123 Å². The Morgan fingerprint density at radius 1 is 1.25 bits per heavy atom. The number of rotatable bonds is 7. The molecule has 110 valence electrons. The first kappa shape index (κ1) is 16.7. The van der Waals surface area contributed by atoms with E-state index >= 15 is 0 Å². The third-order valence-electron chi connectivity index (χ3n) is 3.83. The molecule has 1 aromatic rings. The molecule has 0 aromatic heterocycles. The van der Waals surface area contributed by atoms with Crippen LogP contribution in [-0.4, -0.2) is 12.6 Å². The van der Waals surface area contributed by atoms with E-state index in [1.165, 1.54) is 0 Å². The lowest BCUT2D eigenvalue weighted by atomic mass is 9.76. The SMILES string of the molecule is CC#CCCC(NCCC)C(C)(C)c1ccc(F)cc1. The van der Waals surface area contributed by atoms with Crippen LogP contribution < -0.4 is 5.32 Å². The molecule has 0 heterocycles. The minimum atomic E-state index is -0.181. The van der Waals surface area contributed by atoms with Crippen molar-refractivity contribution in [3.63, 3.8) is 0 Å². The van der Waals surface area contributed by atoms with Crippen LogP contribution in [0.5, 0.6) is 0 Å². The van der Waals surface area contributed by atoms with E-state index in [2.05, 4.69) is 37.9 Å². The normalized spacial score (nSPS) is 12.7. The van der Waals surface area contributed by atoms with Crippen molar-refractivity contribution in [1.82, 2.24) is 5.32 Å². The number of nitrogens with one attached hydrogen (secondary N) is 1. The van der Waals surface area contributed by atoms with E-state index in [0.29, 0.717) is 6.04 Å². The van der Waals surface area contributed by atoms with Crippen LogP contribution in [0.1, 0.15) is 52.5 Å². The minimum Gasteiger partial charge on any atom is -0.313 e. The fourth-order valence-corrected chi connectivity index (χ4v) is 2.46. The van der Waals surface area contributed by atoms with Crippen molar-refractivity contribution in [2.24, 2.45) is 0 Å². The third-order valence-corrected chi connectivity index (χ3v) is 3.83. The molecule has 0 spiro atoms. The molecule has 20 heavy (non-hydrogen) atoms. The molecule has 0 aliphatic heterocycles. The van der Waals surface area contributed by atoms with E-state index in [1.807, 2.05) is 19.1 Å². The second-order valence-electron chi connectivity index (χ2n) is 5.70. The summed E-state index contributed by atoms with van der Waals surface area (Å²) >= 11 is 0. The molecule has 0 bridgehead atoms. The van der Waals surface area contributed by atoms with Crippen molar-refractivity contribution in [2.45, 2.75) is 58.4 Å². The van der Waals surface area contributed by atoms with Crippen LogP contribution in [0.25, 0.3) is 0 Å². The quantitative estimate of drug-likeness (QED) is 0.733. The maximum absolute atomic E-state index is 13.1. The molecule has 1 rings (SSSR count). The summed E-state index contributed by atoms with van der Waals surface area (Å²) in [7, 11) is 0. The lowest BCUT2D eigenvalue weighted by molar-refractivity contribution is 0.325. The van der Waals surface area contributed by atoms with Gasteiger partial charge in [-0.25, -0.2) is 4.39 Å². The predicted molar refractivity (Wildman–Crippen MR) is 84.2 cm³/mol. The molecular formula is C18H26FN. The van der Waals surface area contributed by atoms with E-state index in [4.69, 9.17) is 0 Å². The Bertz CT molecular complexity index is 451. The first-order chi connectivity index (χ1) is 9.52. The molecule has 0 aliphatic carbocycles. The molecule has 0 saturated carbocycles. The second kappa shape index (κ2) is 8.07. The van der Waals surface area contributed by atoms with Crippen molar-refractivity contribution in [2.75, 3.05) is 6.54 Å². The predicted octanol–water partition coefficient (Wildman–Crippen LogP) is 4.28. The zero-order chi connectivity index (χ0) is 15.0. The van der Waals surface area contributed by atoms with Crippen LogP contribution in [0.15, 0.2) is 24.3 Å². The van der Waals surface area contributed by atoms with Gasteiger partial charge in [0.25, 0.3) is 0 Å². The molecule has 1 unspecified atom stereocenters. The Kier molecular flexibility index (Phi) is 6.75. The standard InChI is InChI=1S/C18H26FN/c1-5-7-8-9-17(20-14-6-2)18(3,4)15-10-12-16(19)13-11-15/h10-13,17,20H,6,8-9,14H2,1-4H3. The monoisotopic (exact) mass is 275 g/mol. The summed E-state index contributed by atoms with van der Waals surface area (Å²) in [5, 5.41) is 3.62. The highest BCUT2D eigenvalue weighted by atomic mass is 19.1. The fraction of sp³-hybridized carbons (Fsp3) is 0.556. The van der Waals surface area contributed by atoms with Crippen molar-refractivity contribution in [3.05, 3.63) is 35.6 Å². The molecule has 1 aromatic carbocycles. The summed E-state index contributed by atoms with van der Waals surface area (Å²) in [6, 6.07) is 7.21. The molecule has 2 heteroatoms. The lowest BCUT2D eigenvalue weighted by Crippen LogP contribution is -2.45. The topological polar surface area (TPSA) is 12.0 Å². The maximum Gasteiger partial charge on any atom is 0.123 e. The van der Waals surface area contributed by atoms with Crippen LogP contribution in [0.3, 0.4) is 0 Å². The molecule has 0 saturated heterocycles. The average Bonchev–Trinajstić information content (AvgIpc) is 2.43. The largest absolute Gasteiger partial charge is 0.313 e. The smallest absolute Gasteiger partial charge is 0.123 e. The highest BCUT2D eigenvalue weighted by molar-refractivity contribution is 5.26. The van der Waals surface area contributed by atoms with E-state index in [9.17, 15) is 4.39 Å². The van der Waals surface area contributed by atoms with Gasteiger partial charge in [-0.05, 0) is 44.0 Å². The lowest BCUT2D eigenvalue weighted by Gasteiger charge is -2.35. The average molecular weight is 275 g/mol. The Balaban J connectivity index is 2.88. The van der Waals surface area contributed by atoms with Gasteiger partial charge in [-0.2, -0.15) is 0 Å². The molecule has 0 aliphatic rings. The summed E-state index contributed by atoms with van der Waals surface area (Å²) in [5.74, 6) is 5.91. The number of hydrogen-bond donors (Lipinski definition) is 1. The zero-order valence-corrected chi connectivity index (χ0v) is 13.1. The first-order valence-electron chi connectivity index (χ1n) is 7.41. The van der Waals surface area contributed by atoms with Crippen molar-refractivity contribution in [1.29, 1.82) is 0 Å². The molecular weight excluding hydrogens is 249 g/mol. The van der Waals surface area contributed by atoms with Crippen LogP contribution in [0.2, 0.25) is 0 Å². The molecule has 0 fully saturated rings. The summed E-state index contributed by atoms with van der Waals surface area (Å²) < 4.78 is 13.1. The van der Waals surface area contributed by atoms with E-state index in [0.717, 1.165) is 31.4 Å². The summed E-state index contributed by atoms with van der Waals surface area (Å²) in [6.07, 6.45) is 3.00. The molecule has 0 amide bonds. The van der Waals surface area contributed by atoms with Gasteiger partial charge >= 0.3 is 0 Å².